The number of carbonyl (C=O) groups is 4. The number of carboxylic acids is 1. The number of hydrogen-bond acceptors (Lipinski definition) is 8. The number of carbonyl (C=O) groups excluding carboxylic acids is 3. The van der Waals surface area contributed by atoms with Gasteiger partial charge in [0.05, 0.1) is 12.1 Å². The van der Waals surface area contributed by atoms with Crippen LogP contribution in [0.4, 0.5) is 9.59 Å². The third-order valence-electron chi connectivity index (χ3n) is 3.95. The van der Waals surface area contributed by atoms with Crippen molar-refractivity contribution >= 4 is 24.1 Å². The van der Waals surface area contributed by atoms with E-state index in [-0.39, 0.29) is 6.42 Å². The minimum atomic E-state index is -1.19. The summed E-state index contributed by atoms with van der Waals surface area (Å²) >= 11 is 0. The molecule has 1 rings (SSSR count). The maximum atomic E-state index is 12.3. The molecule has 0 aromatic heterocycles. The number of esters is 1. The van der Waals surface area contributed by atoms with Crippen molar-refractivity contribution in [2.75, 3.05) is 13.2 Å². The fourth-order valence-electron chi connectivity index (χ4n) is 2.93. The van der Waals surface area contributed by atoms with Gasteiger partial charge < -0.3 is 34.7 Å². The van der Waals surface area contributed by atoms with Gasteiger partial charge in [0, 0.05) is 6.42 Å². The second kappa shape index (κ2) is 11.2. The lowest BCUT2D eigenvalue weighted by Crippen LogP contribution is -2.57. The highest BCUT2D eigenvalue weighted by Gasteiger charge is 2.36. The van der Waals surface area contributed by atoms with Crippen LogP contribution >= 0.6 is 0 Å². The average Bonchev–Trinajstić information content (AvgIpc) is 2.53. The third-order valence-corrected chi connectivity index (χ3v) is 3.95. The molecule has 11 nitrogen and oxygen atoms in total. The number of rotatable bonds is 7. The SMILES string of the molecule is CC(C)(C)OC(=O)NC1CCC(OC(=O)COCC(=O)O)CC1NC(=O)OC(C)(C)C. The Morgan fingerprint density at radius 1 is 0.839 bits per heavy atom. The van der Waals surface area contributed by atoms with Crippen molar-refractivity contribution in [3.05, 3.63) is 0 Å². The fraction of sp³-hybridized carbons (Fsp3) is 0.800. The summed E-state index contributed by atoms with van der Waals surface area (Å²) < 4.78 is 20.6. The highest BCUT2D eigenvalue weighted by molar-refractivity contribution is 5.72. The molecule has 178 valence electrons. The van der Waals surface area contributed by atoms with E-state index in [1.54, 1.807) is 41.5 Å². The van der Waals surface area contributed by atoms with Gasteiger partial charge in [-0.1, -0.05) is 0 Å². The molecule has 0 radical (unpaired) electrons. The summed E-state index contributed by atoms with van der Waals surface area (Å²) in [6.07, 6.45) is -0.760. The van der Waals surface area contributed by atoms with Crippen molar-refractivity contribution in [2.24, 2.45) is 0 Å². The summed E-state index contributed by atoms with van der Waals surface area (Å²) in [5, 5.41) is 14.0. The van der Waals surface area contributed by atoms with Crippen LogP contribution in [0.2, 0.25) is 0 Å². The van der Waals surface area contributed by atoms with Crippen LogP contribution in [-0.2, 0) is 28.5 Å². The van der Waals surface area contributed by atoms with Crippen LogP contribution in [0.3, 0.4) is 0 Å². The molecule has 2 amide bonds. The van der Waals surface area contributed by atoms with E-state index in [4.69, 9.17) is 24.1 Å². The van der Waals surface area contributed by atoms with Crippen LogP contribution in [0.5, 0.6) is 0 Å². The van der Waals surface area contributed by atoms with Crippen molar-refractivity contribution in [3.63, 3.8) is 0 Å². The zero-order chi connectivity index (χ0) is 23.8. The monoisotopic (exact) mass is 446 g/mol. The van der Waals surface area contributed by atoms with Crippen molar-refractivity contribution in [1.82, 2.24) is 10.6 Å². The van der Waals surface area contributed by atoms with Gasteiger partial charge in [-0.25, -0.2) is 19.2 Å². The molecule has 0 heterocycles. The van der Waals surface area contributed by atoms with Gasteiger partial charge in [0.2, 0.25) is 0 Å². The van der Waals surface area contributed by atoms with Crippen LogP contribution in [0, 0.1) is 0 Å². The van der Waals surface area contributed by atoms with Gasteiger partial charge in [-0.15, -0.1) is 0 Å². The van der Waals surface area contributed by atoms with E-state index in [2.05, 4.69) is 10.6 Å². The minimum Gasteiger partial charge on any atom is -0.480 e. The topological polar surface area (TPSA) is 149 Å². The molecular weight excluding hydrogens is 412 g/mol. The predicted molar refractivity (Wildman–Crippen MR) is 109 cm³/mol. The lowest BCUT2D eigenvalue weighted by Gasteiger charge is -2.37. The first-order chi connectivity index (χ1) is 14.1. The Balaban J connectivity index is 2.74. The summed E-state index contributed by atoms with van der Waals surface area (Å²) in [7, 11) is 0. The van der Waals surface area contributed by atoms with E-state index in [0.29, 0.717) is 12.8 Å². The molecule has 3 N–H and O–H groups in total. The number of nitrogens with one attached hydrogen (secondary N) is 2. The molecule has 3 unspecified atom stereocenters. The number of amides is 2. The van der Waals surface area contributed by atoms with Gasteiger partial charge in [0.1, 0.15) is 30.5 Å². The largest absolute Gasteiger partial charge is 0.480 e. The molecule has 0 saturated heterocycles. The third kappa shape index (κ3) is 12.0. The smallest absolute Gasteiger partial charge is 0.407 e. The Kier molecular flexibility index (Phi) is 9.54. The molecule has 0 aliphatic heterocycles. The Bertz CT molecular complexity index is 652. The fourth-order valence-corrected chi connectivity index (χ4v) is 2.93. The molecule has 1 fully saturated rings. The number of hydrogen-bond donors (Lipinski definition) is 3. The standard InChI is InChI=1S/C20H34N2O9/c1-19(2,3)30-17(26)21-13-8-7-12(29-16(25)11-28-10-15(23)24)9-14(13)22-18(27)31-20(4,5)6/h12-14H,7-11H2,1-6H3,(H,21,26)(H,22,27)(H,23,24). The van der Waals surface area contributed by atoms with Crippen LogP contribution in [0.15, 0.2) is 0 Å². The van der Waals surface area contributed by atoms with E-state index in [9.17, 15) is 19.2 Å². The quantitative estimate of drug-likeness (QED) is 0.394. The Morgan fingerprint density at radius 3 is 1.84 bits per heavy atom. The Hall–Kier alpha value is -2.56. The van der Waals surface area contributed by atoms with Crippen molar-refractivity contribution in [2.45, 2.75) is 90.2 Å². The van der Waals surface area contributed by atoms with Crippen LogP contribution < -0.4 is 10.6 Å². The summed E-state index contributed by atoms with van der Waals surface area (Å²) in [5.41, 5.74) is -1.39. The van der Waals surface area contributed by atoms with Gasteiger partial charge in [-0.2, -0.15) is 0 Å². The van der Waals surface area contributed by atoms with Crippen molar-refractivity contribution in [1.29, 1.82) is 0 Å². The van der Waals surface area contributed by atoms with E-state index >= 15 is 0 Å². The number of carboxylic acid groups (broad SMARTS) is 1. The summed E-state index contributed by atoms with van der Waals surface area (Å²) in [5.74, 6) is -1.90. The molecule has 3 atom stereocenters. The molecule has 0 bridgehead atoms. The van der Waals surface area contributed by atoms with Gasteiger partial charge in [-0.3, -0.25) is 0 Å². The molecule has 11 heteroatoms. The number of ether oxygens (including phenoxy) is 4. The zero-order valence-electron chi connectivity index (χ0n) is 19.0. The van der Waals surface area contributed by atoms with Crippen molar-refractivity contribution in [3.8, 4) is 0 Å². The highest BCUT2D eigenvalue weighted by atomic mass is 16.6. The minimum absolute atomic E-state index is 0.227. The van der Waals surface area contributed by atoms with Gasteiger partial charge in [0.15, 0.2) is 0 Å². The van der Waals surface area contributed by atoms with E-state index in [1.165, 1.54) is 0 Å². The lowest BCUT2D eigenvalue weighted by atomic mass is 9.88. The summed E-state index contributed by atoms with van der Waals surface area (Å²) in [6, 6.07) is -1.03. The molecule has 0 spiro atoms. The van der Waals surface area contributed by atoms with Crippen LogP contribution in [0.1, 0.15) is 60.8 Å². The summed E-state index contributed by atoms with van der Waals surface area (Å²) in [4.78, 5) is 46.8. The molecule has 31 heavy (non-hydrogen) atoms. The zero-order valence-corrected chi connectivity index (χ0v) is 19.0. The first-order valence-corrected chi connectivity index (χ1v) is 10.1. The van der Waals surface area contributed by atoms with Crippen molar-refractivity contribution < 1.29 is 43.2 Å². The second-order valence-electron chi connectivity index (χ2n) is 9.32. The maximum Gasteiger partial charge on any atom is 0.407 e. The van der Waals surface area contributed by atoms with Crippen LogP contribution in [0.25, 0.3) is 0 Å². The van der Waals surface area contributed by atoms with Gasteiger partial charge in [0.25, 0.3) is 0 Å². The normalized spacial score (nSPS) is 21.5. The average molecular weight is 446 g/mol. The summed E-state index contributed by atoms with van der Waals surface area (Å²) in [6.45, 7) is 9.31. The molecule has 0 aromatic rings. The lowest BCUT2D eigenvalue weighted by molar-refractivity contribution is -0.158. The molecule has 0 aromatic carbocycles. The maximum absolute atomic E-state index is 12.3. The predicted octanol–water partition coefficient (Wildman–Crippen LogP) is 1.97. The first-order valence-electron chi connectivity index (χ1n) is 10.1. The Labute approximate surface area is 182 Å². The van der Waals surface area contributed by atoms with E-state index < -0.39 is 66.7 Å². The van der Waals surface area contributed by atoms with Gasteiger partial charge >= 0.3 is 24.1 Å². The molecule has 1 aliphatic rings. The van der Waals surface area contributed by atoms with E-state index in [0.717, 1.165) is 0 Å². The van der Waals surface area contributed by atoms with Crippen LogP contribution in [-0.4, -0.2) is 71.8 Å². The molecule has 1 saturated carbocycles. The number of aliphatic carboxylic acids is 1. The molecular formula is C20H34N2O9. The highest BCUT2D eigenvalue weighted by Crippen LogP contribution is 2.23. The number of alkyl carbamates (subject to hydrolysis) is 2. The Morgan fingerprint density at radius 2 is 1.35 bits per heavy atom. The second-order valence-corrected chi connectivity index (χ2v) is 9.32. The van der Waals surface area contributed by atoms with Gasteiger partial charge in [-0.05, 0) is 54.4 Å². The van der Waals surface area contributed by atoms with E-state index in [1.807, 2.05) is 0 Å². The first kappa shape index (κ1) is 26.5. The molecule has 1 aliphatic carbocycles.